The van der Waals surface area contributed by atoms with Gasteiger partial charge in [0, 0.05) is 11.9 Å². The van der Waals surface area contributed by atoms with E-state index in [1.54, 1.807) is 6.08 Å². The van der Waals surface area contributed by atoms with E-state index >= 15 is 0 Å². The number of aliphatic imine (C=N–C) groups is 1. The van der Waals surface area contributed by atoms with Crippen LogP contribution in [0.3, 0.4) is 0 Å². The van der Waals surface area contributed by atoms with Gasteiger partial charge >= 0.3 is 0 Å². The first-order valence-electron chi connectivity index (χ1n) is 4.50. The van der Waals surface area contributed by atoms with Crippen LogP contribution in [0.5, 0.6) is 0 Å². The molecular formula is C11H14N4. The lowest BCUT2D eigenvalue weighted by atomic mass is 10.1. The van der Waals surface area contributed by atoms with E-state index in [0.29, 0.717) is 5.70 Å². The number of rotatable bonds is 2. The number of nitrogens with two attached hydrogens (primary N) is 2. The molecule has 0 bridgehead atoms. The molecule has 15 heavy (non-hydrogen) atoms. The Bertz CT molecular complexity index is 418. The highest BCUT2D eigenvalue weighted by Crippen LogP contribution is 2.09. The minimum atomic E-state index is -0.233. The molecule has 0 radical (unpaired) electrons. The van der Waals surface area contributed by atoms with E-state index in [1.807, 2.05) is 31.2 Å². The molecule has 0 heterocycles. The van der Waals surface area contributed by atoms with Gasteiger partial charge < -0.3 is 11.5 Å². The maximum atomic E-state index is 6.89. The molecule has 0 amide bonds. The summed E-state index contributed by atoms with van der Waals surface area (Å²) in [4.78, 5) is 3.59. The molecule has 1 aromatic rings. The maximum Gasteiger partial charge on any atom is 0.212 e. The molecule has 0 aliphatic carbocycles. The number of nitrogens with zero attached hydrogens (tertiary/aromatic N) is 1. The molecule has 0 spiro atoms. The summed E-state index contributed by atoms with van der Waals surface area (Å²) in [7, 11) is 0. The number of aryl methyl sites for hydroxylation is 1. The Kier molecular flexibility index (Phi) is 3.62. The van der Waals surface area contributed by atoms with Crippen molar-refractivity contribution in [2.45, 2.75) is 6.92 Å². The minimum absolute atomic E-state index is 0.233. The third-order valence-corrected chi connectivity index (χ3v) is 1.82. The lowest BCUT2D eigenvalue weighted by molar-refractivity contribution is 1.39. The smallest absolute Gasteiger partial charge is 0.212 e. The van der Waals surface area contributed by atoms with Crippen molar-refractivity contribution in [2.24, 2.45) is 16.5 Å². The van der Waals surface area contributed by atoms with Gasteiger partial charge in [-0.15, -0.1) is 0 Å². The first kappa shape index (κ1) is 11.0. The normalized spacial score (nSPS) is 11.9. The zero-order chi connectivity index (χ0) is 11.3. The standard InChI is InChI=1S/C11H14N4/c1-8-3-2-4-9(7-8)10(12)5-6-15-11(13)14/h2-7H,12H2,1H3,(H3,13,14). The highest BCUT2D eigenvalue weighted by atomic mass is 15.0. The number of hydrogen-bond acceptors (Lipinski definition) is 2. The molecule has 4 heteroatoms. The number of hydrogen-bond donors (Lipinski definition) is 3. The molecule has 0 aromatic heterocycles. The Balaban J connectivity index is 2.84. The van der Waals surface area contributed by atoms with Crippen LogP contribution in [0.4, 0.5) is 0 Å². The Hall–Kier alpha value is -2.10. The third-order valence-electron chi connectivity index (χ3n) is 1.82. The average Bonchev–Trinajstić information content (AvgIpc) is 2.17. The summed E-state index contributed by atoms with van der Waals surface area (Å²) in [6.07, 6.45) is 3.04. The van der Waals surface area contributed by atoms with Crippen LogP contribution >= 0.6 is 0 Å². The lowest BCUT2D eigenvalue weighted by Crippen LogP contribution is -2.05. The largest absolute Gasteiger partial charge is 0.398 e. The molecule has 0 fully saturated rings. The molecule has 0 atom stereocenters. The van der Waals surface area contributed by atoms with Crippen LogP contribution in [-0.4, -0.2) is 12.2 Å². The molecule has 0 aliphatic heterocycles. The Morgan fingerprint density at radius 2 is 2.13 bits per heavy atom. The van der Waals surface area contributed by atoms with Crippen LogP contribution in [0, 0.1) is 12.3 Å². The number of benzene rings is 1. The summed E-state index contributed by atoms with van der Waals surface area (Å²) >= 11 is 0. The fraction of sp³-hybridized carbons (Fsp3) is 0.0909. The van der Waals surface area contributed by atoms with Crippen LogP contribution in [0.2, 0.25) is 0 Å². The van der Waals surface area contributed by atoms with Crippen LogP contribution in [0.1, 0.15) is 11.1 Å². The van der Waals surface area contributed by atoms with Crippen molar-refractivity contribution >= 4 is 17.9 Å². The quantitative estimate of drug-likeness (QED) is 0.498. The van der Waals surface area contributed by atoms with E-state index in [4.69, 9.17) is 16.9 Å². The van der Waals surface area contributed by atoms with E-state index in [2.05, 4.69) is 4.99 Å². The lowest BCUT2D eigenvalue weighted by Gasteiger charge is -2.01. The monoisotopic (exact) mass is 202 g/mol. The fourth-order valence-electron chi connectivity index (χ4n) is 1.12. The van der Waals surface area contributed by atoms with Gasteiger partial charge in [-0.1, -0.05) is 23.8 Å². The summed E-state index contributed by atoms with van der Waals surface area (Å²) in [5.74, 6) is -0.233. The molecule has 1 rings (SSSR count). The summed E-state index contributed by atoms with van der Waals surface area (Å²) in [6, 6.07) is 7.84. The van der Waals surface area contributed by atoms with Crippen LogP contribution in [0.25, 0.3) is 5.70 Å². The molecule has 4 nitrogen and oxygen atoms in total. The van der Waals surface area contributed by atoms with E-state index < -0.39 is 0 Å². The van der Waals surface area contributed by atoms with Gasteiger partial charge in [0.25, 0.3) is 0 Å². The van der Waals surface area contributed by atoms with Gasteiger partial charge in [0.15, 0.2) is 0 Å². The minimum Gasteiger partial charge on any atom is -0.398 e. The predicted octanol–water partition coefficient (Wildman–Crippen LogP) is 1.26. The maximum absolute atomic E-state index is 6.89. The highest BCUT2D eigenvalue weighted by Gasteiger charge is 1.94. The molecule has 5 N–H and O–H groups in total. The van der Waals surface area contributed by atoms with Gasteiger partial charge in [-0.05, 0) is 24.6 Å². The van der Waals surface area contributed by atoms with E-state index in [9.17, 15) is 0 Å². The summed E-state index contributed by atoms with van der Waals surface area (Å²) in [6.45, 7) is 2.00. The van der Waals surface area contributed by atoms with Gasteiger partial charge in [0.05, 0.1) is 0 Å². The van der Waals surface area contributed by atoms with Crippen molar-refractivity contribution in [1.29, 1.82) is 5.41 Å². The highest BCUT2D eigenvalue weighted by molar-refractivity contribution is 5.91. The first-order chi connectivity index (χ1) is 7.09. The summed E-state index contributed by atoms with van der Waals surface area (Å²) in [5, 5.41) is 6.89. The number of nitrogens with one attached hydrogen (secondary N) is 1. The third kappa shape index (κ3) is 3.64. The zero-order valence-corrected chi connectivity index (χ0v) is 8.57. The van der Waals surface area contributed by atoms with Crippen molar-refractivity contribution in [1.82, 2.24) is 0 Å². The Morgan fingerprint density at radius 3 is 2.73 bits per heavy atom. The molecular weight excluding hydrogens is 188 g/mol. The van der Waals surface area contributed by atoms with E-state index in [1.165, 1.54) is 6.21 Å². The number of guanidine groups is 1. The van der Waals surface area contributed by atoms with E-state index in [0.717, 1.165) is 11.1 Å². The van der Waals surface area contributed by atoms with Crippen molar-refractivity contribution in [3.8, 4) is 0 Å². The molecule has 1 aromatic carbocycles. The Morgan fingerprint density at radius 1 is 1.40 bits per heavy atom. The molecule has 0 saturated carbocycles. The summed E-state index contributed by atoms with van der Waals surface area (Å²) in [5.41, 5.74) is 13.5. The SMILES string of the molecule is Cc1cccc(C(N)=CC=NC(=N)N)c1. The molecule has 0 unspecified atom stereocenters. The molecule has 0 saturated heterocycles. The van der Waals surface area contributed by atoms with E-state index in [-0.39, 0.29) is 5.96 Å². The Labute approximate surface area is 88.8 Å². The van der Waals surface area contributed by atoms with Gasteiger partial charge in [-0.25, -0.2) is 4.99 Å². The topological polar surface area (TPSA) is 88.2 Å². The average molecular weight is 202 g/mol. The van der Waals surface area contributed by atoms with Gasteiger partial charge in [-0.2, -0.15) is 0 Å². The first-order valence-corrected chi connectivity index (χ1v) is 4.50. The van der Waals surface area contributed by atoms with Crippen molar-refractivity contribution in [3.63, 3.8) is 0 Å². The van der Waals surface area contributed by atoms with Crippen molar-refractivity contribution in [2.75, 3.05) is 0 Å². The van der Waals surface area contributed by atoms with Crippen LogP contribution < -0.4 is 11.5 Å². The summed E-state index contributed by atoms with van der Waals surface area (Å²) < 4.78 is 0. The van der Waals surface area contributed by atoms with Crippen LogP contribution in [-0.2, 0) is 0 Å². The molecule has 0 aliphatic rings. The van der Waals surface area contributed by atoms with Crippen LogP contribution in [0.15, 0.2) is 35.3 Å². The zero-order valence-electron chi connectivity index (χ0n) is 8.57. The fourth-order valence-corrected chi connectivity index (χ4v) is 1.12. The molecule has 78 valence electrons. The number of allylic oxidation sites excluding steroid dienone is 1. The predicted molar refractivity (Wildman–Crippen MR) is 63.7 cm³/mol. The second-order valence-corrected chi connectivity index (χ2v) is 3.15. The van der Waals surface area contributed by atoms with Crippen molar-refractivity contribution in [3.05, 3.63) is 41.5 Å². The second-order valence-electron chi connectivity index (χ2n) is 3.15. The van der Waals surface area contributed by atoms with Gasteiger partial charge in [0.1, 0.15) is 0 Å². The van der Waals surface area contributed by atoms with Crippen molar-refractivity contribution < 1.29 is 0 Å². The second kappa shape index (κ2) is 4.95. The van der Waals surface area contributed by atoms with Gasteiger partial charge in [0.2, 0.25) is 5.96 Å². The van der Waals surface area contributed by atoms with Gasteiger partial charge in [-0.3, -0.25) is 5.41 Å².